The number of hydrogen-bond acceptors (Lipinski definition) is 3. The van der Waals surface area contributed by atoms with Crippen LogP contribution < -0.4 is 15.5 Å². The van der Waals surface area contributed by atoms with Crippen molar-refractivity contribution in [1.82, 2.24) is 5.32 Å². The molecule has 2 aromatic rings. The van der Waals surface area contributed by atoms with Crippen molar-refractivity contribution in [2.75, 3.05) is 26.0 Å². The zero-order valence-electron chi connectivity index (χ0n) is 14.4. The first-order valence-electron chi connectivity index (χ1n) is 8.09. The molecular weight excluding hydrogens is 336 g/mol. The second-order valence-corrected chi connectivity index (χ2v) is 6.51. The molecule has 132 valence electrons. The third-order valence-corrected chi connectivity index (χ3v) is 4.23. The van der Waals surface area contributed by atoms with Gasteiger partial charge in [0.15, 0.2) is 5.11 Å². The molecule has 0 aromatic heterocycles. The van der Waals surface area contributed by atoms with Crippen LogP contribution in [0.2, 0.25) is 0 Å². The Kier molecular flexibility index (Phi) is 6.85. The summed E-state index contributed by atoms with van der Waals surface area (Å²) >= 11 is 5.32. The number of non-ortho nitro benzene ring substituents is 1. The zero-order valence-corrected chi connectivity index (χ0v) is 15.2. The first-order chi connectivity index (χ1) is 12.0. The average molecular weight is 359 g/mol. The van der Waals surface area contributed by atoms with Gasteiger partial charge < -0.3 is 15.5 Å². The van der Waals surface area contributed by atoms with Gasteiger partial charge in [0.1, 0.15) is 6.04 Å². The van der Waals surface area contributed by atoms with E-state index in [-0.39, 0.29) is 5.69 Å². The molecule has 0 aliphatic rings. The summed E-state index contributed by atoms with van der Waals surface area (Å²) in [6.45, 7) is 0.732. The summed E-state index contributed by atoms with van der Waals surface area (Å²) in [6, 6.07) is 16.9. The third-order valence-electron chi connectivity index (χ3n) is 3.99. The highest BCUT2D eigenvalue weighted by Crippen LogP contribution is 2.15. The van der Waals surface area contributed by atoms with E-state index < -0.39 is 4.92 Å². The maximum absolute atomic E-state index is 10.7. The van der Waals surface area contributed by atoms with Gasteiger partial charge in [-0.25, -0.2) is 0 Å². The number of quaternary nitrogens is 1. The minimum absolute atomic E-state index is 0.0589. The van der Waals surface area contributed by atoms with Crippen molar-refractivity contribution in [2.45, 2.75) is 12.5 Å². The number of benzene rings is 2. The molecule has 0 bridgehead atoms. The minimum Gasteiger partial charge on any atom is -0.356 e. The molecule has 0 saturated heterocycles. The van der Waals surface area contributed by atoms with Crippen LogP contribution in [-0.4, -0.2) is 36.7 Å². The fourth-order valence-corrected chi connectivity index (χ4v) is 2.64. The SMILES string of the molecule is C[NH+](C)[C@@H](CNC(=S)Nc1ccc([N+](=O)[O-])cc1)Cc1ccccc1. The van der Waals surface area contributed by atoms with Crippen LogP contribution in [0.25, 0.3) is 0 Å². The lowest BCUT2D eigenvalue weighted by molar-refractivity contribution is -0.884. The van der Waals surface area contributed by atoms with Crippen molar-refractivity contribution < 1.29 is 9.82 Å². The number of thiocarbonyl (C=S) groups is 1. The largest absolute Gasteiger partial charge is 0.356 e. The van der Waals surface area contributed by atoms with Crippen molar-refractivity contribution >= 4 is 28.7 Å². The van der Waals surface area contributed by atoms with E-state index in [0.717, 1.165) is 18.7 Å². The molecule has 7 heteroatoms. The first-order valence-corrected chi connectivity index (χ1v) is 8.50. The van der Waals surface area contributed by atoms with E-state index in [9.17, 15) is 10.1 Å². The molecule has 0 aliphatic heterocycles. The molecule has 0 radical (unpaired) electrons. The summed E-state index contributed by atoms with van der Waals surface area (Å²) in [5, 5.41) is 17.5. The first kappa shape index (κ1) is 18.8. The molecular formula is C18H23N4O2S+. The molecule has 0 fully saturated rings. The smallest absolute Gasteiger partial charge is 0.269 e. The monoisotopic (exact) mass is 359 g/mol. The van der Waals surface area contributed by atoms with Crippen molar-refractivity contribution in [3.8, 4) is 0 Å². The number of nitro groups is 1. The Bertz CT molecular complexity index is 705. The lowest BCUT2D eigenvalue weighted by Crippen LogP contribution is -3.11. The lowest BCUT2D eigenvalue weighted by atomic mass is 10.1. The van der Waals surface area contributed by atoms with Crippen LogP contribution >= 0.6 is 12.2 Å². The topological polar surface area (TPSA) is 71.6 Å². The predicted molar refractivity (Wildman–Crippen MR) is 104 cm³/mol. The highest BCUT2D eigenvalue weighted by molar-refractivity contribution is 7.80. The molecule has 6 nitrogen and oxygen atoms in total. The molecule has 0 amide bonds. The Balaban J connectivity index is 1.87. The fraction of sp³-hybridized carbons (Fsp3) is 0.278. The summed E-state index contributed by atoms with van der Waals surface area (Å²) < 4.78 is 0. The maximum atomic E-state index is 10.7. The molecule has 3 N–H and O–H groups in total. The highest BCUT2D eigenvalue weighted by Gasteiger charge is 2.16. The summed E-state index contributed by atoms with van der Waals surface area (Å²) in [7, 11) is 4.25. The Labute approximate surface area is 153 Å². The number of nitrogens with one attached hydrogen (secondary N) is 3. The molecule has 0 unspecified atom stereocenters. The molecule has 0 spiro atoms. The Morgan fingerprint density at radius 1 is 1.16 bits per heavy atom. The predicted octanol–water partition coefficient (Wildman–Crippen LogP) is 1.64. The third kappa shape index (κ3) is 6.13. The van der Waals surface area contributed by atoms with E-state index in [1.165, 1.54) is 22.6 Å². The van der Waals surface area contributed by atoms with Crippen LogP contribution in [-0.2, 0) is 6.42 Å². The Hall–Kier alpha value is -2.51. The molecule has 0 aliphatic carbocycles. The van der Waals surface area contributed by atoms with Crippen molar-refractivity contribution in [3.05, 3.63) is 70.3 Å². The molecule has 2 rings (SSSR count). The summed E-state index contributed by atoms with van der Waals surface area (Å²) in [6.07, 6.45) is 0.955. The maximum Gasteiger partial charge on any atom is 0.269 e. The average Bonchev–Trinajstić information content (AvgIpc) is 2.59. The van der Waals surface area contributed by atoms with Crippen LogP contribution in [0.4, 0.5) is 11.4 Å². The van der Waals surface area contributed by atoms with Crippen LogP contribution in [0.1, 0.15) is 5.56 Å². The van der Waals surface area contributed by atoms with Gasteiger partial charge in [0.05, 0.1) is 25.6 Å². The fourth-order valence-electron chi connectivity index (χ4n) is 2.44. The van der Waals surface area contributed by atoms with Gasteiger partial charge in [0.2, 0.25) is 0 Å². The van der Waals surface area contributed by atoms with Crippen molar-refractivity contribution in [2.24, 2.45) is 0 Å². The van der Waals surface area contributed by atoms with Gasteiger partial charge in [0.25, 0.3) is 5.69 Å². The van der Waals surface area contributed by atoms with Crippen LogP contribution in [0.3, 0.4) is 0 Å². The summed E-state index contributed by atoms with van der Waals surface area (Å²) in [5.74, 6) is 0. The van der Waals surface area contributed by atoms with Gasteiger partial charge in [-0.1, -0.05) is 30.3 Å². The number of hydrogen-bond donors (Lipinski definition) is 3. The molecule has 0 heterocycles. The second-order valence-electron chi connectivity index (χ2n) is 6.10. The Morgan fingerprint density at radius 3 is 2.36 bits per heavy atom. The normalized spacial score (nSPS) is 11.8. The van der Waals surface area contributed by atoms with Gasteiger partial charge in [0, 0.05) is 24.2 Å². The number of anilines is 1. The van der Waals surface area contributed by atoms with E-state index >= 15 is 0 Å². The molecule has 0 saturated carbocycles. The van der Waals surface area contributed by atoms with Crippen LogP contribution in [0, 0.1) is 10.1 Å². The van der Waals surface area contributed by atoms with Crippen LogP contribution in [0.5, 0.6) is 0 Å². The molecule has 2 aromatic carbocycles. The summed E-state index contributed by atoms with van der Waals surface area (Å²) in [4.78, 5) is 11.6. The Morgan fingerprint density at radius 2 is 1.80 bits per heavy atom. The number of nitrogens with zero attached hydrogens (tertiary/aromatic N) is 1. The van der Waals surface area contributed by atoms with Gasteiger partial charge in [-0.2, -0.15) is 0 Å². The van der Waals surface area contributed by atoms with E-state index in [2.05, 4.69) is 36.9 Å². The molecule has 25 heavy (non-hydrogen) atoms. The van der Waals surface area contributed by atoms with Crippen molar-refractivity contribution in [1.29, 1.82) is 0 Å². The van der Waals surface area contributed by atoms with Crippen LogP contribution in [0.15, 0.2) is 54.6 Å². The van der Waals surface area contributed by atoms with Gasteiger partial charge >= 0.3 is 0 Å². The van der Waals surface area contributed by atoms with Gasteiger partial charge in [-0.3, -0.25) is 10.1 Å². The minimum atomic E-state index is -0.422. The standard InChI is InChI=1S/C18H22N4O2S/c1-21(2)17(12-14-6-4-3-5-7-14)13-19-18(25)20-15-8-10-16(11-9-15)22(23)24/h3-11,17H,12-13H2,1-2H3,(H2,19,20,25)/p+1/t17-/m1/s1. The van der Waals surface area contributed by atoms with Crippen molar-refractivity contribution in [3.63, 3.8) is 0 Å². The zero-order chi connectivity index (χ0) is 18.2. The number of nitro benzene ring substituents is 1. The van der Waals surface area contributed by atoms with Gasteiger partial charge in [-0.15, -0.1) is 0 Å². The molecule has 1 atom stereocenters. The van der Waals surface area contributed by atoms with E-state index in [4.69, 9.17) is 12.2 Å². The van der Waals surface area contributed by atoms with E-state index in [0.29, 0.717) is 11.2 Å². The summed E-state index contributed by atoms with van der Waals surface area (Å²) in [5.41, 5.74) is 2.08. The van der Waals surface area contributed by atoms with Gasteiger partial charge in [-0.05, 0) is 29.9 Å². The van der Waals surface area contributed by atoms with E-state index in [1.54, 1.807) is 12.1 Å². The number of rotatable bonds is 7. The lowest BCUT2D eigenvalue weighted by Gasteiger charge is -2.23. The highest BCUT2D eigenvalue weighted by atomic mass is 32.1. The number of likely N-dealkylation sites (N-methyl/N-ethyl adjacent to an activating group) is 1. The second kappa shape index (κ2) is 9.10. The quantitative estimate of drug-likeness (QED) is 0.398. The van der Waals surface area contributed by atoms with E-state index in [1.807, 2.05) is 18.2 Å².